The summed E-state index contributed by atoms with van der Waals surface area (Å²) in [5.41, 5.74) is 0. The number of nitrogens with zero attached hydrogens (tertiary/aromatic N) is 1. The Balaban J connectivity index is 2.05. The summed E-state index contributed by atoms with van der Waals surface area (Å²) in [5, 5.41) is 2.41. The number of ether oxygens (including phenoxy) is 1. The lowest BCUT2D eigenvalue weighted by Gasteiger charge is -2.32. The Morgan fingerprint density at radius 1 is 1.58 bits per heavy atom. The molecule has 0 amide bonds. The zero-order valence-corrected chi connectivity index (χ0v) is 8.43. The van der Waals surface area contributed by atoms with Gasteiger partial charge in [-0.2, -0.15) is 0 Å². The van der Waals surface area contributed by atoms with E-state index in [0.29, 0.717) is 18.1 Å². The molecule has 0 aromatic heterocycles. The molecule has 3 heteroatoms. The van der Waals surface area contributed by atoms with Crippen molar-refractivity contribution in [1.29, 1.82) is 0 Å². The minimum Gasteiger partial charge on any atom is -0.378 e. The van der Waals surface area contributed by atoms with E-state index in [1.54, 1.807) is 0 Å². The number of isothiocyanates is 1. The van der Waals surface area contributed by atoms with Crippen LogP contribution in [0, 0.1) is 5.92 Å². The van der Waals surface area contributed by atoms with Crippen LogP contribution < -0.4 is 0 Å². The van der Waals surface area contributed by atoms with Gasteiger partial charge in [-0.05, 0) is 31.0 Å². The summed E-state index contributed by atoms with van der Waals surface area (Å²) >= 11 is 4.52. The summed E-state index contributed by atoms with van der Waals surface area (Å²) in [6, 6.07) is 0.389. The Morgan fingerprint density at radius 3 is 2.75 bits per heavy atom. The fourth-order valence-electron chi connectivity index (χ4n) is 1.18. The zero-order valence-electron chi connectivity index (χ0n) is 7.62. The molecule has 0 N–H and O–H groups in total. The molecule has 1 saturated carbocycles. The van der Waals surface area contributed by atoms with Gasteiger partial charge in [-0.3, -0.25) is 0 Å². The smallest absolute Gasteiger partial charge is 0.0652 e. The van der Waals surface area contributed by atoms with E-state index in [2.05, 4.69) is 36.2 Å². The van der Waals surface area contributed by atoms with Crippen LogP contribution in [0.15, 0.2) is 4.99 Å². The zero-order chi connectivity index (χ0) is 8.97. The highest BCUT2D eigenvalue weighted by Gasteiger charge is 2.29. The van der Waals surface area contributed by atoms with Gasteiger partial charge >= 0.3 is 0 Å². The van der Waals surface area contributed by atoms with Crippen LogP contribution >= 0.6 is 12.2 Å². The minimum absolute atomic E-state index is 0.389. The molecule has 1 aliphatic rings. The number of thiocarbonyl (C=S) groups is 1. The lowest BCUT2D eigenvalue weighted by Crippen LogP contribution is -2.35. The molecule has 1 rings (SSSR count). The van der Waals surface area contributed by atoms with Crippen molar-refractivity contribution in [2.24, 2.45) is 10.9 Å². The lowest BCUT2D eigenvalue weighted by molar-refractivity contribution is -0.0197. The first-order valence-corrected chi connectivity index (χ1v) is 4.81. The third-order valence-electron chi connectivity index (χ3n) is 1.97. The predicted molar refractivity (Wildman–Crippen MR) is 52.6 cm³/mol. The maximum atomic E-state index is 5.59. The Bertz CT molecular complexity index is 181. The second-order valence-corrected chi connectivity index (χ2v) is 3.88. The summed E-state index contributed by atoms with van der Waals surface area (Å²) in [6.07, 6.45) is 2.47. The van der Waals surface area contributed by atoms with Gasteiger partial charge in [0, 0.05) is 6.61 Å². The molecule has 1 aliphatic carbocycles. The highest BCUT2D eigenvalue weighted by molar-refractivity contribution is 7.78. The van der Waals surface area contributed by atoms with E-state index in [1.165, 1.54) is 0 Å². The molecule has 68 valence electrons. The molecule has 0 radical (unpaired) electrons. The minimum atomic E-state index is 0.389. The molecule has 0 bridgehead atoms. The van der Waals surface area contributed by atoms with Crippen LogP contribution in [0.2, 0.25) is 0 Å². The van der Waals surface area contributed by atoms with E-state index in [9.17, 15) is 0 Å². The molecule has 0 aromatic carbocycles. The fraction of sp³-hybridized carbons (Fsp3) is 0.889. The van der Waals surface area contributed by atoms with Crippen molar-refractivity contribution in [2.75, 3.05) is 6.61 Å². The van der Waals surface area contributed by atoms with Crippen LogP contribution in [-0.2, 0) is 4.74 Å². The third-order valence-corrected chi connectivity index (χ3v) is 2.08. The molecule has 0 atom stereocenters. The molecule has 1 fully saturated rings. The van der Waals surface area contributed by atoms with Crippen LogP contribution in [-0.4, -0.2) is 23.9 Å². The molecular weight excluding hydrogens is 170 g/mol. The normalized spacial score (nSPS) is 27.9. The summed E-state index contributed by atoms with van der Waals surface area (Å²) in [6.45, 7) is 5.18. The Kier molecular flexibility index (Phi) is 3.86. The van der Waals surface area contributed by atoms with Crippen LogP contribution in [0.25, 0.3) is 0 Å². The van der Waals surface area contributed by atoms with Gasteiger partial charge in [0.05, 0.1) is 17.3 Å². The van der Waals surface area contributed by atoms with Crippen LogP contribution in [0.3, 0.4) is 0 Å². The molecule has 12 heavy (non-hydrogen) atoms. The predicted octanol–water partition coefficient (Wildman–Crippen LogP) is 2.29. The molecule has 0 aromatic rings. The summed E-state index contributed by atoms with van der Waals surface area (Å²) in [5.74, 6) is 0.623. The first kappa shape index (κ1) is 9.85. The highest BCUT2D eigenvalue weighted by atomic mass is 32.1. The van der Waals surface area contributed by atoms with Gasteiger partial charge in [-0.15, -0.1) is 0 Å². The first-order chi connectivity index (χ1) is 5.72. The summed E-state index contributed by atoms with van der Waals surface area (Å²) in [7, 11) is 0. The Morgan fingerprint density at radius 2 is 2.25 bits per heavy atom. The maximum Gasteiger partial charge on any atom is 0.0652 e. The molecule has 0 spiro atoms. The summed E-state index contributed by atoms with van der Waals surface area (Å²) in [4.78, 5) is 3.99. The molecule has 0 saturated heterocycles. The van der Waals surface area contributed by atoms with E-state index in [0.717, 1.165) is 19.4 Å². The topological polar surface area (TPSA) is 21.6 Å². The first-order valence-electron chi connectivity index (χ1n) is 4.41. The lowest BCUT2D eigenvalue weighted by atomic mass is 9.90. The Labute approximate surface area is 79.0 Å². The highest BCUT2D eigenvalue weighted by Crippen LogP contribution is 2.26. The molecule has 0 heterocycles. The Hall–Kier alpha value is -0.240. The van der Waals surface area contributed by atoms with Gasteiger partial charge in [0.15, 0.2) is 0 Å². The van der Waals surface area contributed by atoms with Gasteiger partial charge in [-0.25, -0.2) is 4.99 Å². The van der Waals surface area contributed by atoms with E-state index in [4.69, 9.17) is 4.74 Å². The number of aliphatic imine (C=N–C) groups is 1. The quantitative estimate of drug-likeness (QED) is 0.495. The van der Waals surface area contributed by atoms with Crippen molar-refractivity contribution in [1.82, 2.24) is 0 Å². The second kappa shape index (κ2) is 4.70. The van der Waals surface area contributed by atoms with Gasteiger partial charge < -0.3 is 4.74 Å². The van der Waals surface area contributed by atoms with Crippen molar-refractivity contribution in [3.05, 3.63) is 0 Å². The molecule has 0 aliphatic heterocycles. The van der Waals surface area contributed by atoms with Crippen molar-refractivity contribution < 1.29 is 4.74 Å². The van der Waals surface area contributed by atoms with Gasteiger partial charge in [0.1, 0.15) is 0 Å². The molecule has 0 unspecified atom stereocenters. The van der Waals surface area contributed by atoms with Crippen molar-refractivity contribution in [3.63, 3.8) is 0 Å². The molecule has 2 nitrogen and oxygen atoms in total. The largest absolute Gasteiger partial charge is 0.378 e. The van der Waals surface area contributed by atoms with Crippen LogP contribution in [0.1, 0.15) is 26.7 Å². The third kappa shape index (κ3) is 3.02. The average Bonchev–Trinajstić information content (AvgIpc) is 1.93. The van der Waals surface area contributed by atoms with E-state index in [-0.39, 0.29) is 0 Å². The van der Waals surface area contributed by atoms with E-state index < -0.39 is 0 Å². The van der Waals surface area contributed by atoms with Crippen molar-refractivity contribution in [2.45, 2.75) is 38.8 Å². The second-order valence-electron chi connectivity index (χ2n) is 3.69. The number of hydrogen-bond donors (Lipinski definition) is 0. The standard InChI is InChI=1S/C9H15NOS/c1-7(2)5-11-9-3-8(4-9)10-6-12/h7-9H,3-5H2,1-2H3/t8-,9-. The van der Waals surface area contributed by atoms with Gasteiger partial charge in [-0.1, -0.05) is 13.8 Å². The average molecular weight is 185 g/mol. The van der Waals surface area contributed by atoms with Crippen molar-refractivity contribution in [3.8, 4) is 0 Å². The summed E-state index contributed by atoms with van der Waals surface area (Å²) < 4.78 is 5.59. The maximum absolute atomic E-state index is 5.59. The fourth-order valence-corrected chi connectivity index (χ4v) is 1.33. The molecular formula is C9H15NOS. The number of rotatable bonds is 4. The monoisotopic (exact) mass is 185 g/mol. The number of hydrogen-bond acceptors (Lipinski definition) is 3. The van der Waals surface area contributed by atoms with Gasteiger partial charge in [0.2, 0.25) is 0 Å². The van der Waals surface area contributed by atoms with Crippen LogP contribution in [0.5, 0.6) is 0 Å². The van der Waals surface area contributed by atoms with Gasteiger partial charge in [0.25, 0.3) is 0 Å². The SMILES string of the molecule is CC(C)CO[C@H]1C[C@H](N=C=S)C1. The van der Waals surface area contributed by atoms with Crippen LogP contribution in [0.4, 0.5) is 0 Å². The van der Waals surface area contributed by atoms with E-state index >= 15 is 0 Å². The van der Waals surface area contributed by atoms with E-state index in [1.807, 2.05) is 0 Å². The van der Waals surface area contributed by atoms with Crippen molar-refractivity contribution >= 4 is 17.4 Å².